The van der Waals surface area contributed by atoms with E-state index in [1.165, 1.54) is 4.80 Å². The van der Waals surface area contributed by atoms with E-state index in [0.717, 1.165) is 12.0 Å². The molecule has 2 aromatic rings. The van der Waals surface area contributed by atoms with Crippen LogP contribution in [0.5, 0.6) is 0 Å². The number of nitrogens with zero attached hydrogens (tertiary/aromatic N) is 5. The Morgan fingerprint density at radius 2 is 1.81 bits per heavy atom. The number of hydrogen-bond acceptors (Lipinski definition) is 7. The molecule has 0 aliphatic rings. The molecule has 1 heterocycles. The summed E-state index contributed by atoms with van der Waals surface area (Å²) < 4.78 is 0.457. The van der Waals surface area contributed by atoms with Gasteiger partial charge in [-0.25, -0.2) is 5.84 Å². The third-order valence-corrected chi connectivity index (χ3v) is 4.66. The average molecular weight is 446 g/mol. The Kier molecular flexibility index (Phi) is 9.41. The first-order valence-electron chi connectivity index (χ1n) is 10.6. The van der Waals surface area contributed by atoms with Gasteiger partial charge in [0, 0.05) is 12.0 Å². The minimum absolute atomic E-state index is 0.00881. The number of carbonyl (C=O) groups is 3. The van der Waals surface area contributed by atoms with Gasteiger partial charge in [0.05, 0.1) is 21.1 Å². The van der Waals surface area contributed by atoms with E-state index in [4.69, 9.17) is 5.84 Å². The summed E-state index contributed by atoms with van der Waals surface area (Å²) in [5.41, 5.74) is 2.94. The molecule has 11 nitrogen and oxygen atoms in total. The number of carbonyl (C=O) groups excluding carboxylic acids is 3. The predicted molar refractivity (Wildman–Crippen MR) is 119 cm³/mol. The molecule has 1 atom stereocenters. The third-order valence-electron chi connectivity index (χ3n) is 4.66. The Labute approximate surface area is 187 Å². The SMILES string of the molecule is C[N+](C)(C)CC(=O)N[C@@H](CCCCCC(=O)Cn1nnc(-c2ccccc2)n1)C(=O)NN. The molecular weight excluding hydrogens is 412 g/mol. The molecule has 0 spiro atoms. The van der Waals surface area contributed by atoms with E-state index in [1.807, 2.05) is 51.5 Å². The van der Waals surface area contributed by atoms with E-state index in [-0.39, 0.29) is 24.8 Å². The number of likely N-dealkylation sites (N-methyl/N-ethyl adjacent to an activating group) is 1. The van der Waals surface area contributed by atoms with Crippen LogP contribution in [0.3, 0.4) is 0 Å². The summed E-state index contributed by atoms with van der Waals surface area (Å²) in [4.78, 5) is 37.6. The number of unbranched alkanes of at least 4 members (excludes halogenated alkanes) is 2. The topological polar surface area (TPSA) is 145 Å². The molecule has 0 fully saturated rings. The summed E-state index contributed by atoms with van der Waals surface area (Å²) in [6.07, 6.45) is 2.92. The van der Waals surface area contributed by atoms with E-state index in [9.17, 15) is 14.4 Å². The number of tetrazole rings is 1. The van der Waals surface area contributed by atoms with Gasteiger partial charge in [0.15, 0.2) is 12.3 Å². The number of hydrazine groups is 1. The van der Waals surface area contributed by atoms with Crippen molar-refractivity contribution in [2.45, 2.75) is 44.7 Å². The second kappa shape index (κ2) is 12.0. The first kappa shape index (κ1) is 25.1. The maximum atomic E-state index is 12.2. The van der Waals surface area contributed by atoms with Crippen LogP contribution in [0, 0.1) is 0 Å². The van der Waals surface area contributed by atoms with Gasteiger partial charge in [0.2, 0.25) is 5.82 Å². The van der Waals surface area contributed by atoms with E-state index < -0.39 is 11.9 Å². The monoisotopic (exact) mass is 445 g/mol. The average Bonchev–Trinajstić information content (AvgIpc) is 3.19. The molecule has 2 rings (SSSR count). The number of ketones is 1. The van der Waals surface area contributed by atoms with E-state index in [0.29, 0.717) is 36.0 Å². The van der Waals surface area contributed by atoms with E-state index in [1.54, 1.807) is 0 Å². The summed E-state index contributed by atoms with van der Waals surface area (Å²) in [7, 11) is 5.68. The van der Waals surface area contributed by atoms with Crippen LogP contribution in [0.2, 0.25) is 0 Å². The molecule has 1 aromatic heterocycles. The van der Waals surface area contributed by atoms with Crippen LogP contribution < -0.4 is 16.6 Å². The lowest BCUT2D eigenvalue weighted by Crippen LogP contribution is -2.52. The minimum Gasteiger partial charge on any atom is -0.339 e. The molecule has 0 unspecified atom stereocenters. The molecule has 0 aliphatic carbocycles. The summed E-state index contributed by atoms with van der Waals surface area (Å²) in [6, 6.07) is 8.75. The summed E-state index contributed by atoms with van der Waals surface area (Å²) >= 11 is 0. The van der Waals surface area contributed by atoms with Crippen LogP contribution in [0.1, 0.15) is 32.1 Å². The molecule has 32 heavy (non-hydrogen) atoms. The van der Waals surface area contributed by atoms with Crippen LogP contribution in [-0.2, 0) is 20.9 Å². The Balaban J connectivity index is 1.71. The van der Waals surface area contributed by atoms with Gasteiger partial charge in [-0.1, -0.05) is 43.2 Å². The normalized spacial score (nSPS) is 12.2. The number of quaternary nitrogens is 1. The van der Waals surface area contributed by atoms with Crippen molar-refractivity contribution in [3.05, 3.63) is 30.3 Å². The van der Waals surface area contributed by atoms with Crippen molar-refractivity contribution in [2.24, 2.45) is 5.84 Å². The van der Waals surface area contributed by atoms with Crippen molar-refractivity contribution in [3.8, 4) is 11.4 Å². The highest BCUT2D eigenvalue weighted by atomic mass is 16.2. The van der Waals surface area contributed by atoms with Gasteiger partial charge in [0.1, 0.15) is 12.6 Å². The lowest BCUT2D eigenvalue weighted by atomic mass is 10.1. The molecule has 0 saturated heterocycles. The number of benzene rings is 1. The molecule has 0 saturated carbocycles. The molecule has 0 bridgehead atoms. The second-order valence-electron chi connectivity index (χ2n) is 8.72. The van der Waals surface area contributed by atoms with Crippen LogP contribution in [0.4, 0.5) is 0 Å². The van der Waals surface area contributed by atoms with Crippen LogP contribution in [0.15, 0.2) is 30.3 Å². The molecular formula is C21H33N8O3+. The highest BCUT2D eigenvalue weighted by molar-refractivity contribution is 5.87. The molecule has 0 radical (unpaired) electrons. The zero-order chi connectivity index (χ0) is 23.6. The number of aromatic nitrogens is 4. The number of hydrogen-bond donors (Lipinski definition) is 3. The van der Waals surface area contributed by atoms with Crippen LogP contribution in [-0.4, -0.2) is 76.0 Å². The summed E-state index contributed by atoms with van der Waals surface area (Å²) in [6.45, 7) is 0.324. The fraction of sp³-hybridized carbons (Fsp3) is 0.524. The Hall–Kier alpha value is -3.18. The summed E-state index contributed by atoms with van der Waals surface area (Å²) in [5, 5.41) is 14.9. The van der Waals surface area contributed by atoms with Crippen molar-refractivity contribution in [1.82, 2.24) is 30.9 Å². The zero-order valence-electron chi connectivity index (χ0n) is 19.0. The molecule has 174 valence electrons. The smallest absolute Gasteiger partial charge is 0.275 e. The largest absolute Gasteiger partial charge is 0.339 e. The van der Waals surface area contributed by atoms with Gasteiger partial charge in [-0.05, 0) is 18.1 Å². The Morgan fingerprint density at radius 3 is 2.47 bits per heavy atom. The van der Waals surface area contributed by atoms with Gasteiger partial charge < -0.3 is 9.80 Å². The quantitative estimate of drug-likeness (QED) is 0.130. The van der Waals surface area contributed by atoms with Gasteiger partial charge in [-0.2, -0.15) is 4.80 Å². The first-order valence-corrected chi connectivity index (χ1v) is 10.6. The van der Waals surface area contributed by atoms with Gasteiger partial charge in [-0.3, -0.25) is 19.8 Å². The Bertz CT molecular complexity index is 892. The number of rotatable bonds is 13. The van der Waals surface area contributed by atoms with Crippen molar-refractivity contribution < 1.29 is 18.9 Å². The lowest BCUT2D eigenvalue weighted by molar-refractivity contribution is -0.862. The van der Waals surface area contributed by atoms with Crippen molar-refractivity contribution in [1.29, 1.82) is 0 Å². The van der Waals surface area contributed by atoms with Crippen molar-refractivity contribution in [3.63, 3.8) is 0 Å². The number of amides is 2. The minimum atomic E-state index is -0.689. The maximum absolute atomic E-state index is 12.2. The van der Waals surface area contributed by atoms with Crippen molar-refractivity contribution in [2.75, 3.05) is 27.7 Å². The predicted octanol–water partition coefficient (Wildman–Crippen LogP) is 0.0406. The fourth-order valence-electron chi connectivity index (χ4n) is 3.14. The lowest BCUT2D eigenvalue weighted by Gasteiger charge is -2.24. The number of Topliss-reactive ketones (excluding diaryl/α,β-unsaturated/α-hetero) is 1. The molecule has 1 aromatic carbocycles. The van der Waals surface area contributed by atoms with E-state index >= 15 is 0 Å². The standard InChI is InChI=1S/C21H32N8O3/c1-29(2,3)15-19(31)23-18(21(32)24-22)13-9-5-8-12-17(30)14-28-26-20(25-27-28)16-10-6-4-7-11-16/h4,6-7,10-11,18H,5,8-9,12-15H2,1-3H3,(H3-,22,23,24,25,26,27,31,32)/p+1/t18-/m0/s1. The van der Waals surface area contributed by atoms with Crippen molar-refractivity contribution >= 4 is 17.6 Å². The molecule has 2 amide bonds. The van der Waals surface area contributed by atoms with Gasteiger partial charge in [0.25, 0.3) is 11.8 Å². The fourth-order valence-corrected chi connectivity index (χ4v) is 3.14. The van der Waals surface area contributed by atoms with Crippen LogP contribution >= 0.6 is 0 Å². The molecule has 0 aliphatic heterocycles. The highest BCUT2D eigenvalue weighted by Gasteiger charge is 2.22. The third kappa shape index (κ3) is 8.90. The van der Waals surface area contributed by atoms with Gasteiger partial charge in [-0.15, -0.1) is 10.2 Å². The van der Waals surface area contributed by atoms with Gasteiger partial charge >= 0.3 is 0 Å². The molecule has 4 N–H and O–H groups in total. The zero-order valence-corrected chi connectivity index (χ0v) is 19.0. The molecule has 11 heteroatoms. The van der Waals surface area contributed by atoms with E-state index in [2.05, 4.69) is 26.2 Å². The number of nitrogens with one attached hydrogen (secondary N) is 2. The number of nitrogens with two attached hydrogens (primary N) is 1. The maximum Gasteiger partial charge on any atom is 0.275 e. The first-order chi connectivity index (χ1) is 15.2. The second-order valence-corrected chi connectivity index (χ2v) is 8.72. The Morgan fingerprint density at radius 1 is 1.09 bits per heavy atom. The van der Waals surface area contributed by atoms with Crippen LogP contribution in [0.25, 0.3) is 11.4 Å². The summed E-state index contributed by atoms with van der Waals surface area (Å²) in [5.74, 6) is 5.09. The highest BCUT2D eigenvalue weighted by Crippen LogP contribution is 2.12.